The van der Waals surface area contributed by atoms with E-state index in [0.29, 0.717) is 11.4 Å². The summed E-state index contributed by atoms with van der Waals surface area (Å²) in [6.45, 7) is 6.10. The molecule has 1 aromatic carbocycles. The van der Waals surface area contributed by atoms with Gasteiger partial charge in [-0.2, -0.15) is 5.26 Å². The van der Waals surface area contributed by atoms with E-state index < -0.39 is 0 Å². The van der Waals surface area contributed by atoms with Crippen LogP contribution in [0.15, 0.2) is 30.5 Å². The lowest BCUT2D eigenvalue weighted by molar-refractivity contribution is 0.472. The highest BCUT2D eigenvalue weighted by atomic mass is 16.5. The molecule has 0 N–H and O–H groups in total. The minimum atomic E-state index is 0.389. The number of hydrogen-bond acceptors (Lipinski definition) is 3. The van der Waals surface area contributed by atoms with Crippen molar-refractivity contribution in [3.05, 3.63) is 52.8 Å². The highest BCUT2D eigenvalue weighted by molar-refractivity contribution is 5.46. The Balaban J connectivity index is 2.34. The summed E-state index contributed by atoms with van der Waals surface area (Å²) in [5.74, 6) is 1.51. The van der Waals surface area contributed by atoms with Crippen LogP contribution in [-0.4, -0.2) is 4.98 Å². The van der Waals surface area contributed by atoms with Crippen LogP contribution in [0.2, 0.25) is 0 Å². The lowest BCUT2D eigenvalue weighted by Crippen LogP contribution is -1.94. The van der Waals surface area contributed by atoms with Crippen molar-refractivity contribution < 1.29 is 4.74 Å². The van der Waals surface area contributed by atoms with Crippen LogP contribution < -0.4 is 4.74 Å². The summed E-state index contributed by atoms with van der Waals surface area (Å²) >= 11 is 0. The molecule has 0 fully saturated rings. The van der Waals surface area contributed by atoms with E-state index >= 15 is 0 Å². The molecule has 1 aromatic heterocycles. The average Bonchev–Trinajstić information content (AvgIpc) is 2.40. The molecule has 0 saturated carbocycles. The van der Waals surface area contributed by atoms with E-state index in [4.69, 9.17) is 10.00 Å². The first kappa shape index (κ1) is 12.1. The lowest BCUT2D eigenvalue weighted by atomic mass is 10.1. The van der Waals surface area contributed by atoms with Crippen LogP contribution in [0.3, 0.4) is 0 Å². The third kappa shape index (κ3) is 2.33. The van der Waals surface area contributed by atoms with E-state index in [2.05, 4.69) is 18.0 Å². The van der Waals surface area contributed by atoms with Crippen molar-refractivity contribution >= 4 is 0 Å². The zero-order chi connectivity index (χ0) is 13.1. The van der Waals surface area contributed by atoms with Gasteiger partial charge in [-0.25, -0.2) is 4.98 Å². The Morgan fingerprint density at radius 1 is 1.06 bits per heavy atom. The van der Waals surface area contributed by atoms with Gasteiger partial charge < -0.3 is 4.74 Å². The number of benzene rings is 1. The first-order valence-corrected chi connectivity index (χ1v) is 5.72. The van der Waals surface area contributed by atoms with Crippen LogP contribution in [0.5, 0.6) is 11.5 Å². The number of nitrogens with zero attached hydrogens (tertiary/aromatic N) is 2. The third-order valence-electron chi connectivity index (χ3n) is 2.94. The molecule has 1 heterocycles. The summed E-state index contributed by atoms with van der Waals surface area (Å²) in [4.78, 5) is 3.99. The monoisotopic (exact) mass is 238 g/mol. The molecule has 0 saturated heterocycles. The van der Waals surface area contributed by atoms with Crippen molar-refractivity contribution in [2.75, 3.05) is 0 Å². The lowest BCUT2D eigenvalue weighted by Gasteiger charge is -2.13. The molecular formula is C15H14N2O. The van der Waals surface area contributed by atoms with E-state index in [1.54, 1.807) is 18.3 Å². The van der Waals surface area contributed by atoms with Crippen molar-refractivity contribution in [1.29, 1.82) is 5.26 Å². The Kier molecular flexibility index (Phi) is 3.29. The summed E-state index contributed by atoms with van der Waals surface area (Å²) in [6.07, 6.45) is 1.57. The van der Waals surface area contributed by atoms with Gasteiger partial charge in [-0.3, -0.25) is 0 Å². The standard InChI is InChI=1S/C15H14N2O/c1-10-4-5-11(2)15(12(10)3)18-14-7-6-13(8-16)17-9-14/h4-7,9H,1-3H3. The molecule has 18 heavy (non-hydrogen) atoms. The van der Waals surface area contributed by atoms with Gasteiger partial charge in [-0.1, -0.05) is 12.1 Å². The molecule has 0 amide bonds. The van der Waals surface area contributed by atoms with Crippen LogP contribution in [0.1, 0.15) is 22.4 Å². The topological polar surface area (TPSA) is 45.9 Å². The normalized spacial score (nSPS) is 9.89. The minimum absolute atomic E-state index is 0.389. The van der Waals surface area contributed by atoms with Crippen molar-refractivity contribution in [2.45, 2.75) is 20.8 Å². The van der Waals surface area contributed by atoms with Gasteiger partial charge in [0.2, 0.25) is 0 Å². The summed E-state index contributed by atoms with van der Waals surface area (Å²) in [5.41, 5.74) is 3.79. The summed E-state index contributed by atoms with van der Waals surface area (Å²) in [6, 6.07) is 9.50. The molecule has 2 aromatic rings. The summed E-state index contributed by atoms with van der Waals surface area (Å²) in [7, 11) is 0. The predicted octanol–water partition coefficient (Wildman–Crippen LogP) is 3.67. The van der Waals surface area contributed by atoms with Gasteiger partial charge in [-0.15, -0.1) is 0 Å². The number of hydrogen-bond donors (Lipinski definition) is 0. The molecule has 0 radical (unpaired) electrons. The Hall–Kier alpha value is -2.34. The fourth-order valence-electron chi connectivity index (χ4n) is 1.71. The molecule has 0 aliphatic rings. The minimum Gasteiger partial charge on any atom is -0.455 e. The molecule has 0 bridgehead atoms. The molecule has 2 rings (SSSR count). The van der Waals surface area contributed by atoms with Crippen LogP contribution in [0.25, 0.3) is 0 Å². The van der Waals surface area contributed by atoms with Gasteiger partial charge in [0.15, 0.2) is 0 Å². The molecule has 90 valence electrons. The number of nitriles is 1. The Morgan fingerprint density at radius 2 is 1.78 bits per heavy atom. The maximum atomic E-state index is 8.69. The fourth-order valence-corrected chi connectivity index (χ4v) is 1.71. The average molecular weight is 238 g/mol. The van der Waals surface area contributed by atoms with E-state index in [0.717, 1.165) is 16.9 Å². The Morgan fingerprint density at radius 3 is 2.39 bits per heavy atom. The van der Waals surface area contributed by atoms with Gasteiger partial charge in [0.05, 0.1) is 6.20 Å². The summed E-state index contributed by atoms with van der Waals surface area (Å²) in [5, 5.41) is 8.69. The van der Waals surface area contributed by atoms with Crippen molar-refractivity contribution in [3.63, 3.8) is 0 Å². The molecule has 0 aliphatic carbocycles. The van der Waals surface area contributed by atoms with Crippen LogP contribution in [-0.2, 0) is 0 Å². The molecule has 0 unspecified atom stereocenters. The molecule has 0 aliphatic heterocycles. The number of ether oxygens (including phenoxy) is 1. The molecule has 0 spiro atoms. The molecule has 3 nitrogen and oxygen atoms in total. The molecule has 0 atom stereocenters. The van der Waals surface area contributed by atoms with Gasteiger partial charge >= 0.3 is 0 Å². The predicted molar refractivity (Wildman–Crippen MR) is 69.7 cm³/mol. The maximum Gasteiger partial charge on any atom is 0.145 e. The maximum absolute atomic E-state index is 8.69. The third-order valence-corrected chi connectivity index (χ3v) is 2.94. The van der Waals surface area contributed by atoms with E-state index in [-0.39, 0.29) is 0 Å². The second-order valence-corrected chi connectivity index (χ2v) is 4.25. The highest BCUT2D eigenvalue weighted by Crippen LogP contribution is 2.30. The van der Waals surface area contributed by atoms with E-state index in [1.807, 2.05) is 26.0 Å². The largest absolute Gasteiger partial charge is 0.455 e. The number of rotatable bonds is 2. The van der Waals surface area contributed by atoms with Crippen molar-refractivity contribution in [1.82, 2.24) is 4.98 Å². The Bertz CT molecular complexity index is 610. The van der Waals surface area contributed by atoms with Crippen LogP contribution in [0.4, 0.5) is 0 Å². The SMILES string of the molecule is Cc1ccc(C)c(Oc2ccc(C#N)nc2)c1C. The van der Waals surface area contributed by atoms with E-state index in [9.17, 15) is 0 Å². The number of aromatic nitrogens is 1. The van der Waals surface area contributed by atoms with Crippen LogP contribution in [0, 0.1) is 32.1 Å². The Labute approximate surface area is 107 Å². The van der Waals surface area contributed by atoms with Crippen molar-refractivity contribution in [3.8, 4) is 17.6 Å². The summed E-state index contributed by atoms with van der Waals surface area (Å²) < 4.78 is 5.85. The zero-order valence-electron chi connectivity index (χ0n) is 10.7. The number of pyridine rings is 1. The van der Waals surface area contributed by atoms with Crippen molar-refractivity contribution in [2.24, 2.45) is 0 Å². The smallest absolute Gasteiger partial charge is 0.145 e. The van der Waals surface area contributed by atoms with Gasteiger partial charge in [-0.05, 0) is 49.6 Å². The van der Waals surface area contributed by atoms with Gasteiger partial charge in [0.1, 0.15) is 23.3 Å². The number of aryl methyl sites for hydroxylation is 2. The first-order valence-electron chi connectivity index (χ1n) is 5.72. The van der Waals surface area contributed by atoms with Gasteiger partial charge in [0, 0.05) is 0 Å². The quantitative estimate of drug-likeness (QED) is 0.801. The van der Waals surface area contributed by atoms with E-state index in [1.165, 1.54) is 5.56 Å². The second kappa shape index (κ2) is 4.89. The molecular weight excluding hydrogens is 224 g/mol. The fraction of sp³-hybridized carbons (Fsp3) is 0.200. The van der Waals surface area contributed by atoms with Crippen LogP contribution >= 0.6 is 0 Å². The second-order valence-electron chi connectivity index (χ2n) is 4.25. The molecule has 3 heteroatoms. The first-order chi connectivity index (χ1) is 8.61. The zero-order valence-corrected chi connectivity index (χ0v) is 10.7. The van der Waals surface area contributed by atoms with Gasteiger partial charge in [0.25, 0.3) is 0 Å². The highest BCUT2D eigenvalue weighted by Gasteiger charge is 2.07.